The molecule has 106 valence electrons. The van der Waals surface area contributed by atoms with Crippen LogP contribution in [0, 0.1) is 0 Å². The molecule has 1 aromatic carbocycles. The van der Waals surface area contributed by atoms with Crippen LogP contribution in [0.3, 0.4) is 0 Å². The van der Waals surface area contributed by atoms with Crippen LogP contribution in [-0.2, 0) is 6.54 Å². The summed E-state index contributed by atoms with van der Waals surface area (Å²) >= 11 is 0. The topological polar surface area (TPSA) is 28.2 Å². The van der Waals surface area contributed by atoms with E-state index in [0.717, 1.165) is 18.6 Å². The van der Waals surface area contributed by atoms with Crippen molar-refractivity contribution in [2.75, 3.05) is 20.1 Å². The molecule has 0 amide bonds. The van der Waals surface area contributed by atoms with Crippen molar-refractivity contribution in [2.24, 2.45) is 0 Å². The highest BCUT2D eigenvalue weighted by Crippen LogP contribution is 2.20. The first-order chi connectivity index (χ1) is 9.84. The summed E-state index contributed by atoms with van der Waals surface area (Å²) in [7, 11) is 2.26. The van der Waals surface area contributed by atoms with Crippen LogP contribution in [-0.4, -0.2) is 36.1 Å². The first-order valence-corrected chi connectivity index (χ1v) is 7.58. The average molecular weight is 269 g/mol. The van der Waals surface area contributed by atoms with Gasteiger partial charge in [-0.15, -0.1) is 0 Å². The summed E-state index contributed by atoms with van der Waals surface area (Å²) in [6.07, 6.45) is 5.76. The molecule has 1 fully saturated rings. The smallest absolute Gasteiger partial charge is 0.0705 e. The van der Waals surface area contributed by atoms with Gasteiger partial charge in [-0.2, -0.15) is 0 Å². The van der Waals surface area contributed by atoms with Crippen LogP contribution in [0.4, 0.5) is 0 Å². The summed E-state index contributed by atoms with van der Waals surface area (Å²) in [5.41, 5.74) is 2.48. The largest absolute Gasteiger partial charge is 0.317 e. The zero-order valence-corrected chi connectivity index (χ0v) is 12.2. The van der Waals surface area contributed by atoms with Gasteiger partial charge in [0, 0.05) is 24.2 Å². The predicted octanol–water partition coefficient (Wildman–Crippen LogP) is 2.81. The molecule has 3 nitrogen and oxygen atoms in total. The van der Waals surface area contributed by atoms with Crippen molar-refractivity contribution in [2.45, 2.75) is 31.8 Å². The zero-order chi connectivity index (χ0) is 13.8. The summed E-state index contributed by atoms with van der Waals surface area (Å²) in [4.78, 5) is 6.96. The summed E-state index contributed by atoms with van der Waals surface area (Å²) < 4.78 is 0. The summed E-state index contributed by atoms with van der Waals surface area (Å²) in [5, 5.41) is 4.77. The molecule has 1 N–H and O–H groups in total. The second kappa shape index (κ2) is 6.33. The Morgan fingerprint density at radius 2 is 2.10 bits per heavy atom. The summed E-state index contributed by atoms with van der Waals surface area (Å²) in [5.74, 6) is 0. The van der Waals surface area contributed by atoms with Crippen molar-refractivity contribution in [3.8, 4) is 0 Å². The minimum atomic E-state index is 0.692. The number of fused-ring (bicyclic) bond motifs is 1. The highest BCUT2D eigenvalue weighted by Gasteiger charge is 2.17. The van der Waals surface area contributed by atoms with Gasteiger partial charge in [-0.25, -0.2) is 0 Å². The number of nitrogens with zero attached hydrogens (tertiary/aromatic N) is 2. The number of aromatic nitrogens is 1. The number of hydrogen-bond acceptors (Lipinski definition) is 3. The standard InChI is InChI=1S/C17H23N3/c1-20(15-5-4-10-18-11-9-15)13-14-8-12-19-17-7-3-2-6-16(14)17/h2-3,6-8,12,15,18H,4-5,9-11,13H2,1H3. The second-order valence-electron chi connectivity index (χ2n) is 5.74. The van der Waals surface area contributed by atoms with Gasteiger partial charge in [0.05, 0.1) is 5.52 Å². The molecule has 2 aromatic rings. The van der Waals surface area contributed by atoms with E-state index >= 15 is 0 Å². The lowest BCUT2D eigenvalue weighted by Crippen LogP contribution is -2.32. The van der Waals surface area contributed by atoms with Crippen molar-refractivity contribution in [1.29, 1.82) is 0 Å². The van der Waals surface area contributed by atoms with Crippen LogP contribution in [0.15, 0.2) is 36.5 Å². The Bertz CT molecular complexity index is 554. The maximum atomic E-state index is 4.45. The number of nitrogens with one attached hydrogen (secondary N) is 1. The van der Waals surface area contributed by atoms with Gasteiger partial charge in [-0.3, -0.25) is 9.88 Å². The van der Waals surface area contributed by atoms with E-state index in [1.807, 2.05) is 6.20 Å². The van der Waals surface area contributed by atoms with Gasteiger partial charge in [0.1, 0.15) is 0 Å². The van der Waals surface area contributed by atoms with Gasteiger partial charge in [-0.05, 0) is 57.1 Å². The highest BCUT2D eigenvalue weighted by atomic mass is 15.1. The van der Waals surface area contributed by atoms with E-state index in [1.165, 1.54) is 36.8 Å². The van der Waals surface area contributed by atoms with Gasteiger partial charge in [0.2, 0.25) is 0 Å². The molecule has 2 heterocycles. The molecule has 1 aliphatic rings. The number of benzene rings is 1. The Balaban J connectivity index is 1.78. The molecule has 1 aliphatic heterocycles. The highest BCUT2D eigenvalue weighted by molar-refractivity contribution is 5.81. The summed E-state index contributed by atoms with van der Waals surface area (Å²) in [6.45, 7) is 3.32. The number of hydrogen-bond donors (Lipinski definition) is 1. The second-order valence-corrected chi connectivity index (χ2v) is 5.74. The van der Waals surface area contributed by atoms with E-state index in [2.05, 4.69) is 52.6 Å². The molecule has 0 spiro atoms. The van der Waals surface area contributed by atoms with Gasteiger partial charge < -0.3 is 5.32 Å². The van der Waals surface area contributed by atoms with Gasteiger partial charge in [-0.1, -0.05) is 18.2 Å². The molecule has 0 aliphatic carbocycles. The van der Waals surface area contributed by atoms with Crippen LogP contribution in [0.1, 0.15) is 24.8 Å². The fraction of sp³-hybridized carbons (Fsp3) is 0.471. The van der Waals surface area contributed by atoms with E-state index in [9.17, 15) is 0 Å². The van der Waals surface area contributed by atoms with E-state index in [1.54, 1.807) is 0 Å². The van der Waals surface area contributed by atoms with Crippen molar-refractivity contribution in [1.82, 2.24) is 15.2 Å². The fourth-order valence-corrected chi connectivity index (χ4v) is 3.13. The van der Waals surface area contributed by atoms with Crippen molar-refractivity contribution >= 4 is 10.9 Å². The molecule has 1 unspecified atom stereocenters. The third-order valence-corrected chi connectivity index (χ3v) is 4.33. The Hall–Kier alpha value is -1.45. The predicted molar refractivity (Wildman–Crippen MR) is 83.7 cm³/mol. The van der Waals surface area contributed by atoms with Crippen molar-refractivity contribution in [3.63, 3.8) is 0 Å². The van der Waals surface area contributed by atoms with E-state index in [0.29, 0.717) is 6.04 Å². The quantitative estimate of drug-likeness (QED) is 0.928. The molecule has 1 aromatic heterocycles. The first-order valence-electron chi connectivity index (χ1n) is 7.58. The van der Waals surface area contributed by atoms with Crippen LogP contribution in [0.5, 0.6) is 0 Å². The minimum absolute atomic E-state index is 0.692. The van der Waals surface area contributed by atoms with Crippen LogP contribution >= 0.6 is 0 Å². The molecule has 20 heavy (non-hydrogen) atoms. The number of rotatable bonds is 3. The van der Waals surface area contributed by atoms with Crippen LogP contribution in [0.2, 0.25) is 0 Å². The lowest BCUT2D eigenvalue weighted by atomic mass is 10.1. The van der Waals surface area contributed by atoms with Gasteiger partial charge in [0.25, 0.3) is 0 Å². The maximum Gasteiger partial charge on any atom is 0.0705 e. The normalized spacial score (nSPS) is 20.2. The van der Waals surface area contributed by atoms with E-state index in [4.69, 9.17) is 0 Å². The van der Waals surface area contributed by atoms with Gasteiger partial charge in [0.15, 0.2) is 0 Å². The van der Waals surface area contributed by atoms with Crippen molar-refractivity contribution < 1.29 is 0 Å². The number of para-hydroxylation sites is 1. The molecule has 3 heteroatoms. The molecule has 0 radical (unpaired) electrons. The fourth-order valence-electron chi connectivity index (χ4n) is 3.13. The Morgan fingerprint density at radius 3 is 3.05 bits per heavy atom. The molecule has 0 saturated carbocycles. The Kier molecular flexibility index (Phi) is 4.28. The third-order valence-electron chi connectivity index (χ3n) is 4.33. The minimum Gasteiger partial charge on any atom is -0.317 e. The van der Waals surface area contributed by atoms with Gasteiger partial charge >= 0.3 is 0 Å². The lowest BCUT2D eigenvalue weighted by Gasteiger charge is -2.27. The SMILES string of the molecule is CN(Cc1ccnc2ccccc12)C1CCCNCC1. The maximum absolute atomic E-state index is 4.45. The third kappa shape index (κ3) is 3.00. The number of pyridine rings is 1. The zero-order valence-electron chi connectivity index (χ0n) is 12.2. The first kappa shape index (κ1) is 13.5. The monoisotopic (exact) mass is 269 g/mol. The van der Waals surface area contributed by atoms with Crippen molar-refractivity contribution in [3.05, 3.63) is 42.1 Å². The molecule has 0 bridgehead atoms. The van der Waals surface area contributed by atoms with E-state index < -0.39 is 0 Å². The lowest BCUT2D eigenvalue weighted by molar-refractivity contribution is 0.217. The molecular formula is C17H23N3. The molecular weight excluding hydrogens is 246 g/mol. The van der Waals surface area contributed by atoms with Crippen LogP contribution in [0.25, 0.3) is 10.9 Å². The molecule has 1 atom stereocenters. The Labute approximate surface area is 121 Å². The Morgan fingerprint density at radius 1 is 1.20 bits per heavy atom. The average Bonchev–Trinajstić information content (AvgIpc) is 2.77. The molecule has 3 rings (SSSR count). The molecule has 1 saturated heterocycles. The van der Waals surface area contributed by atoms with E-state index in [-0.39, 0.29) is 0 Å². The van der Waals surface area contributed by atoms with Crippen LogP contribution < -0.4 is 5.32 Å². The summed E-state index contributed by atoms with van der Waals surface area (Å²) in [6, 6.07) is 11.3.